The minimum absolute atomic E-state index is 0.0157. The van der Waals surface area contributed by atoms with Gasteiger partial charge in [-0.2, -0.15) is 8.78 Å². The molecule has 1 atom stereocenters. The number of carbonyl (C=O) groups excluding carboxylic acids is 2. The molecule has 0 aromatic carbocycles. The van der Waals surface area contributed by atoms with Crippen LogP contribution in [0.4, 0.5) is 13.6 Å². The molecule has 1 aliphatic rings. The Balaban J connectivity index is 1.95. The molecule has 0 aliphatic carbocycles. The second-order valence-corrected chi connectivity index (χ2v) is 8.01. The lowest BCUT2D eigenvalue weighted by molar-refractivity contribution is -0.128. The summed E-state index contributed by atoms with van der Waals surface area (Å²) in [5.74, 6) is 0.514. The quantitative estimate of drug-likeness (QED) is 0.175. The fourth-order valence-corrected chi connectivity index (χ4v) is 3.72. The molecule has 13 heteroatoms. The van der Waals surface area contributed by atoms with E-state index in [1.807, 2.05) is 0 Å². The van der Waals surface area contributed by atoms with E-state index in [2.05, 4.69) is 32.2 Å². The van der Waals surface area contributed by atoms with Crippen LogP contribution in [0.1, 0.15) is 24.8 Å². The predicted molar refractivity (Wildman–Crippen MR) is 127 cm³/mol. The Morgan fingerprint density at radius 1 is 1.50 bits per heavy atom. The van der Waals surface area contributed by atoms with Gasteiger partial charge in [0, 0.05) is 55.6 Å². The third kappa shape index (κ3) is 8.89. The highest BCUT2D eigenvalue weighted by atomic mass is 32.1. The lowest BCUT2D eigenvalue weighted by Gasteiger charge is -2.25. The van der Waals surface area contributed by atoms with Gasteiger partial charge >= 0.3 is 12.6 Å². The number of hydrogen-bond donors (Lipinski definition) is 3. The summed E-state index contributed by atoms with van der Waals surface area (Å²) in [5, 5.41) is 8.31. The van der Waals surface area contributed by atoms with Gasteiger partial charge in [-0.15, -0.1) is 11.3 Å². The van der Waals surface area contributed by atoms with E-state index in [1.165, 1.54) is 17.4 Å². The lowest BCUT2D eigenvalue weighted by atomic mass is 10.2. The number of ether oxygens (including phenoxy) is 1. The molecule has 0 bridgehead atoms. The minimum atomic E-state index is -2.81. The van der Waals surface area contributed by atoms with Gasteiger partial charge in [0.2, 0.25) is 5.91 Å². The molecule has 10 nitrogen and oxygen atoms in total. The number of amides is 2. The smallest absolute Gasteiger partial charge is 0.407 e. The first-order valence-corrected chi connectivity index (χ1v) is 11.5. The van der Waals surface area contributed by atoms with Crippen molar-refractivity contribution in [3.8, 4) is 0 Å². The van der Waals surface area contributed by atoms with Crippen LogP contribution >= 0.6 is 11.3 Å². The molecular formula is C21H29F2N7O3S. The first kappa shape index (κ1) is 26.9. The van der Waals surface area contributed by atoms with Crippen LogP contribution in [0.5, 0.6) is 0 Å². The Kier molecular flexibility index (Phi) is 11.1. The van der Waals surface area contributed by atoms with Crippen LogP contribution in [0, 0.1) is 0 Å². The maximum absolute atomic E-state index is 12.3. The topological polar surface area (TPSA) is 134 Å². The zero-order valence-corrected chi connectivity index (χ0v) is 19.7. The molecule has 1 aliphatic heterocycles. The lowest BCUT2D eigenvalue weighted by Crippen LogP contribution is -2.45. The highest BCUT2D eigenvalue weighted by Gasteiger charge is 2.30. The molecule has 34 heavy (non-hydrogen) atoms. The maximum Gasteiger partial charge on any atom is 0.407 e. The van der Waals surface area contributed by atoms with Gasteiger partial charge < -0.3 is 26.0 Å². The molecule has 2 heterocycles. The first-order valence-electron chi connectivity index (χ1n) is 10.6. The number of hydrogen-bond acceptors (Lipinski definition) is 8. The summed E-state index contributed by atoms with van der Waals surface area (Å²) in [5.41, 5.74) is 6.44. The van der Waals surface area contributed by atoms with Crippen LogP contribution in [-0.2, 0) is 9.53 Å². The fraction of sp³-hybridized carbons (Fsp3) is 0.476. The summed E-state index contributed by atoms with van der Waals surface area (Å²) >= 11 is 1.38. The number of nitrogens with one attached hydrogen (secondary N) is 2. The molecule has 1 aromatic rings. The van der Waals surface area contributed by atoms with Crippen molar-refractivity contribution in [1.29, 1.82) is 0 Å². The van der Waals surface area contributed by atoms with Crippen molar-refractivity contribution >= 4 is 35.4 Å². The highest BCUT2D eigenvalue weighted by Crippen LogP contribution is 2.17. The maximum atomic E-state index is 12.3. The average Bonchev–Trinajstić information content (AvgIpc) is 3.45. The molecule has 1 fully saturated rings. The Bertz CT molecular complexity index is 919. The van der Waals surface area contributed by atoms with Crippen molar-refractivity contribution in [3.63, 3.8) is 0 Å². The van der Waals surface area contributed by atoms with E-state index >= 15 is 0 Å². The zero-order chi connectivity index (χ0) is 24.9. The number of halogens is 2. The van der Waals surface area contributed by atoms with Crippen LogP contribution in [0.3, 0.4) is 0 Å². The number of alkyl carbamates (subject to hydrolysis) is 1. The average molecular weight is 498 g/mol. The summed E-state index contributed by atoms with van der Waals surface area (Å²) in [6, 6.07) is -0.112. The van der Waals surface area contributed by atoms with E-state index in [9.17, 15) is 18.4 Å². The summed E-state index contributed by atoms with van der Waals surface area (Å²) in [6.45, 7) is 4.26. The molecule has 0 saturated carbocycles. The molecule has 186 valence electrons. The number of alkyl halides is 2. The van der Waals surface area contributed by atoms with E-state index < -0.39 is 12.6 Å². The third-order valence-electron chi connectivity index (χ3n) is 4.78. The molecule has 2 amide bonds. The third-order valence-corrected chi connectivity index (χ3v) is 5.56. The molecular weight excluding hydrogens is 468 g/mol. The summed E-state index contributed by atoms with van der Waals surface area (Å²) in [4.78, 5) is 37.2. The van der Waals surface area contributed by atoms with Crippen LogP contribution in [0.15, 0.2) is 45.5 Å². The van der Waals surface area contributed by atoms with Gasteiger partial charge in [0.1, 0.15) is 0 Å². The minimum Gasteiger partial charge on any atom is -0.450 e. The number of aromatic nitrogens is 1. The molecule has 1 unspecified atom stereocenters. The van der Waals surface area contributed by atoms with Gasteiger partial charge in [0.25, 0.3) is 0 Å². The van der Waals surface area contributed by atoms with E-state index in [0.29, 0.717) is 48.9 Å². The second-order valence-electron chi connectivity index (χ2n) is 7.11. The van der Waals surface area contributed by atoms with E-state index in [1.54, 1.807) is 23.4 Å². The Morgan fingerprint density at radius 3 is 2.97 bits per heavy atom. The van der Waals surface area contributed by atoms with Gasteiger partial charge in [0.05, 0.1) is 13.2 Å². The second kappa shape index (κ2) is 14.0. The number of nitrogens with zero attached hydrogens (tertiary/aromatic N) is 4. The van der Waals surface area contributed by atoms with Crippen molar-refractivity contribution in [2.45, 2.75) is 32.4 Å². The normalized spacial score (nSPS) is 17.0. The predicted octanol–water partition coefficient (Wildman–Crippen LogP) is 1.91. The first-order chi connectivity index (χ1) is 16.3. The van der Waals surface area contributed by atoms with E-state index in [4.69, 9.17) is 10.5 Å². The molecule has 1 aromatic heterocycles. The summed E-state index contributed by atoms with van der Waals surface area (Å²) in [6.07, 6.45) is 4.37. The Morgan fingerprint density at radius 2 is 2.29 bits per heavy atom. The largest absolute Gasteiger partial charge is 0.450 e. The van der Waals surface area contributed by atoms with Crippen molar-refractivity contribution in [3.05, 3.63) is 40.5 Å². The molecule has 0 spiro atoms. The monoisotopic (exact) mass is 497 g/mol. The van der Waals surface area contributed by atoms with Gasteiger partial charge in [-0.1, -0.05) is 6.58 Å². The zero-order valence-electron chi connectivity index (χ0n) is 18.9. The number of rotatable bonds is 12. The summed E-state index contributed by atoms with van der Waals surface area (Å²) in [7, 11) is 0. The van der Waals surface area contributed by atoms with Crippen molar-refractivity contribution in [2.24, 2.45) is 15.7 Å². The molecule has 1 saturated heterocycles. The van der Waals surface area contributed by atoms with Gasteiger partial charge in [0.15, 0.2) is 10.8 Å². The molecule has 4 N–H and O–H groups in total. The number of carbonyl (C=O) groups is 2. The van der Waals surface area contributed by atoms with Crippen molar-refractivity contribution < 1.29 is 23.1 Å². The molecule has 2 rings (SSSR count). The number of aliphatic imine (C=N–C) groups is 2. The van der Waals surface area contributed by atoms with E-state index in [-0.39, 0.29) is 30.8 Å². The van der Waals surface area contributed by atoms with Gasteiger partial charge in [-0.25, -0.2) is 14.8 Å². The van der Waals surface area contributed by atoms with Crippen LogP contribution in [-0.4, -0.2) is 79.3 Å². The van der Waals surface area contributed by atoms with Crippen LogP contribution < -0.4 is 16.4 Å². The van der Waals surface area contributed by atoms with Crippen molar-refractivity contribution in [2.75, 3.05) is 32.8 Å². The van der Waals surface area contributed by atoms with Crippen molar-refractivity contribution in [1.82, 2.24) is 20.5 Å². The number of amidine groups is 1. The summed E-state index contributed by atoms with van der Waals surface area (Å²) < 4.78 is 29.1. The Hall–Kier alpha value is -3.35. The fourth-order valence-electron chi connectivity index (χ4n) is 3.10. The van der Waals surface area contributed by atoms with Gasteiger partial charge in [-0.05, 0) is 25.0 Å². The number of likely N-dealkylation sites (tertiary alicyclic amines) is 1. The SMILES string of the molecule is C=C(CN=C(NCCN1C(=O)CCC1CNC(=O)OCC)c1nccs1)C(N)=CC=NC(F)F. The Labute approximate surface area is 200 Å². The van der Waals surface area contributed by atoms with E-state index in [0.717, 1.165) is 6.21 Å². The molecule has 0 radical (unpaired) electrons. The highest BCUT2D eigenvalue weighted by molar-refractivity contribution is 7.11. The number of thiazole rings is 1. The number of nitrogens with two attached hydrogens (primary N) is 1. The standard InChI is InChI=1S/C21H29F2N7O3S/c1-3-33-21(32)29-13-15-4-5-17(31)30(15)10-8-25-18(19-26-9-11-34-19)28-12-14(2)16(24)6-7-27-20(22)23/h6-7,9,11,15,20H,2-5,8,10,12-13,24H2,1H3,(H,25,28)(H,29,32). The van der Waals surface area contributed by atoms with Gasteiger partial charge in [-0.3, -0.25) is 9.79 Å². The van der Waals surface area contributed by atoms with Crippen LogP contribution in [0.25, 0.3) is 0 Å². The van der Waals surface area contributed by atoms with Crippen LogP contribution in [0.2, 0.25) is 0 Å². The number of allylic oxidation sites excluding steroid dienone is 1.